The maximum absolute atomic E-state index is 13.2. The summed E-state index contributed by atoms with van der Waals surface area (Å²) in [5.74, 6) is 0.633. The fraction of sp³-hybridized carbons (Fsp3) is 0.471. The summed E-state index contributed by atoms with van der Waals surface area (Å²) >= 11 is 0. The van der Waals surface area contributed by atoms with Gasteiger partial charge >= 0.3 is 0 Å². The minimum absolute atomic E-state index is 0.217. The van der Waals surface area contributed by atoms with Crippen LogP contribution >= 0.6 is 0 Å². The molecule has 0 bridgehead atoms. The third kappa shape index (κ3) is 4.23. The number of nitrogens with zero attached hydrogens (tertiary/aromatic N) is 1. The van der Waals surface area contributed by atoms with Gasteiger partial charge in [0.2, 0.25) is 0 Å². The quantitative estimate of drug-likeness (QED) is 0.567. The largest absolute Gasteiger partial charge is 0.361 e. The smallest absolute Gasteiger partial charge is 0.191 e. The van der Waals surface area contributed by atoms with Crippen LogP contribution < -0.4 is 10.6 Å². The van der Waals surface area contributed by atoms with Gasteiger partial charge in [0.25, 0.3) is 0 Å². The van der Waals surface area contributed by atoms with Crippen molar-refractivity contribution in [2.75, 3.05) is 13.1 Å². The molecular weight excluding hydrogens is 279 g/mol. The molecular formula is C17H25FN4. The van der Waals surface area contributed by atoms with Gasteiger partial charge in [0.15, 0.2) is 5.96 Å². The van der Waals surface area contributed by atoms with Crippen molar-refractivity contribution in [1.29, 1.82) is 0 Å². The lowest BCUT2D eigenvalue weighted by atomic mass is 10.1. The number of nitrogens with one attached hydrogen (secondary N) is 3. The van der Waals surface area contributed by atoms with E-state index in [-0.39, 0.29) is 5.82 Å². The molecule has 5 heteroatoms. The van der Waals surface area contributed by atoms with Crippen LogP contribution in [0.2, 0.25) is 0 Å². The highest BCUT2D eigenvalue weighted by atomic mass is 19.1. The molecule has 0 aliphatic carbocycles. The average Bonchev–Trinajstić information content (AvgIpc) is 2.89. The van der Waals surface area contributed by atoms with Crippen LogP contribution in [0.1, 0.15) is 32.8 Å². The van der Waals surface area contributed by atoms with Crippen LogP contribution in [0.4, 0.5) is 4.39 Å². The number of benzene rings is 1. The van der Waals surface area contributed by atoms with Crippen LogP contribution in [0.25, 0.3) is 10.9 Å². The first kappa shape index (κ1) is 16.3. The van der Waals surface area contributed by atoms with Crippen molar-refractivity contribution in [3.05, 3.63) is 35.8 Å². The van der Waals surface area contributed by atoms with Gasteiger partial charge in [0.05, 0.1) is 0 Å². The number of hydrogen-bond acceptors (Lipinski definition) is 1. The molecule has 0 fully saturated rings. The summed E-state index contributed by atoms with van der Waals surface area (Å²) in [7, 11) is 0. The minimum atomic E-state index is -0.217. The number of rotatable bonds is 6. The van der Waals surface area contributed by atoms with E-state index in [1.165, 1.54) is 12.1 Å². The molecule has 0 radical (unpaired) electrons. The average molecular weight is 304 g/mol. The molecule has 1 atom stereocenters. The Morgan fingerprint density at radius 1 is 1.36 bits per heavy atom. The van der Waals surface area contributed by atoms with Gasteiger partial charge in [-0.3, -0.25) is 4.99 Å². The van der Waals surface area contributed by atoms with Crippen molar-refractivity contribution < 1.29 is 4.39 Å². The molecule has 22 heavy (non-hydrogen) atoms. The van der Waals surface area contributed by atoms with Crippen molar-refractivity contribution in [2.24, 2.45) is 4.99 Å². The van der Waals surface area contributed by atoms with Gasteiger partial charge in [-0.25, -0.2) is 4.39 Å². The first-order chi connectivity index (χ1) is 10.6. The number of aromatic amines is 1. The van der Waals surface area contributed by atoms with Crippen LogP contribution in [-0.4, -0.2) is 30.1 Å². The molecule has 0 saturated carbocycles. The lowest BCUT2D eigenvalue weighted by Crippen LogP contribution is -2.42. The lowest BCUT2D eigenvalue weighted by molar-refractivity contribution is 0.624. The zero-order valence-corrected chi connectivity index (χ0v) is 13.5. The van der Waals surface area contributed by atoms with E-state index in [9.17, 15) is 4.39 Å². The minimum Gasteiger partial charge on any atom is -0.361 e. The molecule has 1 heterocycles. The zero-order chi connectivity index (χ0) is 15.9. The van der Waals surface area contributed by atoms with Gasteiger partial charge in [-0.2, -0.15) is 0 Å². The molecule has 1 aromatic carbocycles. The summed E-state index contributed by atoms with van der Waals surface area (Å²) in [4.78, 5) is 7.72. The Bertz CT molecular complexity index is 633. The summed E-state index contributed by atoms with van der Waals surface area (Å²) < 4.78 is 13.2. The molecule has 0 saturated heterocycles. The molecule has 2 rings (SSSR count). The topological polar surface area (TPSA) is 52.2 Å². The van der Waals surface area contributed by atoms with E-state index in [4.69, 9.17) is 0 Å². The number of guanidine groups is 1. The second kappa shape index (κ2) is 7.82. The molecule has 3 N–H and O–H groups in total. The Morgan fingerprint density at radius 2 is 2.18 bits per heavy atom. The van der Waals surface area contributed by atoms with Crippen molar-refractivity contribution in [1.82, 2.24) is 15.6 Å². The van der Waals surface area contributed by atoms with E-state index in [1.807, 2.05) is 12.3 Å². The van der Waals surface area contributed by atoms with Crippen LogP contribution in [-0.2, 0) is 6.42 Å². The first-order valence-corrected chi connectivity index (χ1v) is 7.94. The lowest BCUT2D eigenvalue weighted by Gasteiger charge is -2.16. The number of hydrogen-bond donors (Lipinski definition) is 3. The van der Waals surface area contributed by atoms with E-state index in [2.05, 4.69) is 41.4 Å². The van der Waals surface area contributed by atoms with Gasteiger partial charge in [0, 0.05) is 36.2 Å². The van der Waals surface area contributed by atoms with Crippen molar-refractivity contribution in [3.63, 3.8) is 0 Å². The van der Waals surface area contributed by atoms with Crippen molar-refractivity contribution in [3.8, 4) is 0 Å². The number of halogens is 1. The fourth-order valence-corrected chi connectivity index (χ4v) is 2.31. The molecule has 0 aliphatic rings. The van der Waals surface area contributed by atoms with E-state index in [0.29, 0.717) is 12.6 Å². The Kier molecular flexibility index (Phi) is 5.81. The van der Waals surface area contributed by atoms with Gasteiger partial charge in [-0.15, -0.1) is 0 Å². The van der Waals surface area contributed by atoms with E-state index < -0.39 is 0 Å². The Hall–Kier alpha value is -2.04. The number of aromatic nitrogens is 1. The van der Waals surface area contributed by atoms with Gasteiger partial charge < -0.3 is 15.6 Å². The second-order valence-corrected chi connectivity index (χ2v) is 5.47. The predicted molar refractivity (Wildman–Crippen MR) is 90.8 cm³/mol. The van der Waals surface area contributed by atoms with Crippen molar-refractivity contribution >= 4 is 16.9 Å². The molecule has 0 spiro atoms. The molecule has 4 nitrogen and oxygen atoms in total. The molecule has 1 unspecified atom stereocenters. The van der Waals surface area contributed by atoms with E-state index in [0.717, 1.165) is 41.8 Å². The second-order valence-electron chi connectivity index (χ2n) is 5.47. The van der Waals surface area contributed by atoms with Crippen LogP contribution in [0.5, 0.6) is 0 Å². The Morgan fingerprint density at radius 3 is 2.91 bits per heavy atom. The number of H-pyrrole nitrogens is 1. The third-order valence-electron chi connectivity index (χ3n) is 3.72. The summed E-state index contributed by atoms with van der Waals surface area (Å²) in [6.07, 6.45) is 3.82. The monoisotopic (exact) mass is 304 g/mol. The predicted octanol–water partition coefficient (Wildman–Crippen LogP) is 3.20. The van der Waals surface area contributed by atoms with E-state index in [1.54, 1.807) is 0 Å². The number of aliphatic imine (C=N–C) groups is 1. The molecule has 0 aliphatic heterocycles. The molecule has 2 aromatic rings. The van der Waals surface area contributed by atoms with E-state index >= 15 is 0 Å². The summed E-state index contributed by atoms with van der Waals surface area (Å²) in [6, 6.07) is 5.24. The van der Waals surface area contributed by atoms with Gasteiger partial charge in [-0.05, 0) is 50.5 Å². The Balaban J connectivity index is 2.01. The molecule has 0 amide bonds. The van der Waals surface area contributed by atoms with Gasteiger partial charge in [0.1, 0.15) is 5.82 Å². The highest BCUT2D eigenvalue weighted by Crippen LogP contribution is 2.19. The van der Waals surface area contributed by atoms with Gasteiger partial charge in [-0.1, -0.05) is 6.92 Å². The highest BCUT2D eigenvalue weighted by molar-refractivity contribution is 5.83. The fourth-order valence-electron chi connectivity index (χ4n) is 2.31. The summed E-state index contributed by atoms with van der Waals surface area (Å²) in [6.45, 7) is 7.88. The van der Waals surface area contributed by atoms with Crippen LogP contribution in [0.3, 0.4) is 0 Å². The van der Waals surface area contributed by atoms with Crippen molar-refractivity contribution in [2.45, 2.75) is 39.7 Å². The van der Waals surface area contributed by atoms with Crippen LogP contribution in [0, 0.1) is 5.82 Å². The number of fused-ring (bicyclic) bond motifs is 1. The summed E-state index contributed by atoms with van der Waals surface area (Å²) in [5.41, 5.74) is 2.00. The SMILES string of the molecule is CCNC(=NCCc1c[nH]c2cc(F)ccc12)NC(C)CC. The first-order valence-electron chi connectivity index (χ1n) is 7.94. The standard InChI is InChI=1S/C17H25FN4/c1-4-12(3)22-17(19-5-2)20-9-8-13-11-21-16-10-14(18)6-7-15(13)16/h6-7,10-12,21H,4-5,8-9H2,1-3H3,(H2,19,20,22). The maximum atomic E-state index is 13.2. The molecule has 1 aromatic heterocycles. The summed E-state index contributed by atoms with van der Waals surface area (Å²) in [5, 5.41) is 7.69. The zero-order valence-electron chi connectivity index (χ0n) is 13.5. The highest BCUT2D eigenvalue weighted by Gasteiger charge is 2.05. The Labute approximate surface area is 131 Å². The normalized spacial score (nSPS) is 13.4. The van der Waals surface area contributed by atoms with Crippen LogP contribution in [0.15, 0.2) is 29.4 Å². The third-order valence-corrected chi connectivity index (χ3v) is 3.72. The maximum Gasteiger partial charge on any atom is 0.191 e. The molecule has 120 valence electrons.